The smallest absolute Gasteiger partial charge is 0.306 e. The Labute approximate surface area is 96.7 Å². The highest BCUT2D eigenvalue weighted by atomic mass is 35.5. The summed E-state index contributed by atoms with van der Waals surface area (Å²) in [5, 5.41) is 20.6. The van der Waals surface area contributed by atoms with Gasteiger partial charge in [0, 0.05) is 6.54 Å². The molecule has 0 amide bonds. The van der Waals surface area contributed by atoms with Crippen LogP contribution in [0.25, 0.3) is 0 Å². The van der Waals surface area contributed by atoms with E-state index in [0.717, 1.165) is 6.07 Å². The fraction of sp³-hybridized carbons (Fsp3) is 0.300. The molecule has 0 fully saturated rings. The van der Waals surface area contributed by atoms with E-state index in [9.17, 15) is 14.3 Å². The molecule has 0 aromatic heterocycles. The topological polar surface area (TPSA) is 69.6 Å². The van der Waals surface area contributed by atoms with Gasteiger partial charge in [-0.2, -0.15) is 0 Å². The van der Waals surface area contributed by atoms with E-state index < -0.39 is 17.9 Å². The highest BCUT2D eigenvalue weighted by Gasteiger charge is 2.10. The number of carboxylic acids is 1. The van der Waals surface area contributed by atoms with Crippen molar-refractivity contribution in [1.29, 1.82) is 0 Å². The maximum Gasteiger partial charge on any atom is 0.306 e. The van der Waals surface area contributed by atoms with Gasteiger partial charge in [0.15, 0.2) is 0 Å². The highest BCUT2D eigenvalue weighted by Crippen LogP contribution is 2.22. The summed E-state index contributed by atoms with van der Waals surface area (Å²) in [5.74, 6) is -1.54. The van der Waals surface area contributed by atoms with E-state index in [-0.39, 0.29) is 18.0 Å². The summed E-state index contributed by atoms with van der Waals surface area (Å²) in [4.78, 5) is 10.3. The van der Waals surface area contributed by atoms with Crippen molar-refractivity contribution in [2.75, 3.05) is 11.9 Å². The number of nitrogens with one attached hydrogen (secondary N) is 1. The van der Waals surface area contributed by atoms with Gasteiger partial charge in [-0.15, -0.1) is 0 Å². The molecule has 1 aromatic rings. The average Bonchev–Trinajstić information content (AvgIpc) is 2.15. The predicted molar refractivity (Wildman–Crippen MR) is 58.2 cm³/mol. The molecule has 0 radical (unpaired) electrons. The number of rotatable bonds is 5. The summed E-state index contributed by atoms with van der Waals surface area (Å²) in [7, 11) is 0. The fourth-order valence-corrected chi connectivity index (χ4v) is 1.37. The quantitative estimate of drug-likeness (QED) is 0.741. The second-order valence-electron chi connectivity index (χ2n) is 3.26. The molecule has 88 valence electrons. The number of hydrogen-bond acceptors (Lipinski definition) is 3. The first kappa shape index (κ1) is 12.7. The Kier molecular flexibility index (Phi) is 4.52. The van der Waals surface area contributed by atoms with Gasteiger partial charge in [0.2, 0.25) is 0 Å². The monoisotopic (exact) mass is 247 g/mol. The Morgan fingerprint density at radius 1 is 1.56 bits per heavy atom. The molecule has 4 nitrogen and oxygen atoms in total. The zero-order chi connectivity index (χ0) is 12.1. The lowest BCUT2D eigenvalue weighted by molar-refractivity contribution is -0.138. The Morgan fingerprint density at radius 2 is 2.25 bits per heavy atom. The molecule has 0 spiro atoms. The van der Waals surface area contributed by atoms with Crippen LogP contribution in [0.4, 0.5) is 10.1 Å². The minimum absolute atomic E-state index is 0.0393. The summed E-state index contributed by atoms with van der Waals surface area (Å²) in [6.07, 6.45) is -1.37. The van der Waals surface area contributed by atoms with Crippen LogP contribution in [0.2, 0.25) is 5.02 Å². The highest BCUT2D eigenvalue weighted by molar-refractivity contribution is 6.33. The van der Waals surface area contributed by atoms with Crippen molar-refractivity contribution < 1.29 is 19.4 Å². The maximum atomic E-state index is 12.7. The summed E-state index contributed by atoms with van der Waals surface area (Å²) >= 11 is 5.72. The second kappa shape index (κ2) is 5.67. The van der Waals surface area contributed by atoms with Gasteiger partial charge in [0.05, 0.1) is 23.2 Å². The molecule has 6 heteroatoms. The number of benzene rings is 1. The summed E-state index contributed by atoms with van der Waals surface area (Å²) in [5.41, 5.74) is 0.451. The average molecular weight is 248 g/mol. The van der Waals surface area contributed by atoms with Crippen LogP contribution in [0.1, 0.15) is 6.42 Å². The van der Waals surface area contributed by atoms with Gasteiger partial charge >= 0.3 is 5.97 Å². The van der Waals surface area contributed by atoms with Gasteiger partial charge in [-0.3, -0.25) is 4.79 Å². The number of aliphatic hydroxyl groups excluding tert-OH is 1. The molecule has 0 aliphatic carbocycles. The lowest BCUT2D eigenvalue weighted by atomic mass is 10.2. The van der Waals surface area contributed by atoms with Crippen molar-refractivity contribution in [3.05, 3.63) is 29.0 Å². The second-order valence-corrected chi connectivity index (χ2v) is 3.66. The number of anilines is 1. The molecule has 1 atom stereocenters. The van der Waals surface area contributed by atoms with Crippen LogP contribution in [0.5, 0.6) is 0 Å². The number of hydrogen-bond donors (Lipinski definition) is 3. The zero-order valence-corrected chi connectivity index (χ0v) is 9.04. The van der Waals surface area contributed by atoms with Crippen molar-refractivity contribution in [3.63, 3.8) is 0 Å². The summed E-state index contributed by atoms with van der Waals surface area (Å²) < 4.78 is 12.7. The molecule has 0 heterocycles. The van der Waals surface area contributed by atoms with Crippen LogP contribution in [0, 0.1) is 5.82 Å². The van der Waals surface area contributed by atoms with Gasteiger partial charge in [-0.25, -0.2) is 4.39 Å². The SMILES string of the molecule is O=C(O)CC(O)CNc1ccc(F)cc1Cl. The molecule has 16 heavy (non-hydrogen) atoms. The first-order valence-electron chi connectivity index (χ1n) is 4.58. The van der Waals surface area contributed by atoms with Crippen LogP contribution >= 0.6 is 11.6 Å². The number of aliphatic hydroxyl groups is 1. The van der Waals surface area contributed by atoms with Gasteiger partial charge in [0.1, 0.15) is 5.82 Å². The molecule has 0 aliphatic rings. The first-order chi connectivity index (χ1) is 7.49. The Hall–Kier alpha value is -1.33. The number of aliphatic carboxylic acids is 1. The minimum atomic E-state index is -1.08. The third-order valence-electron chi connectivity index (χ3n) is 1.87. The Bertz CT molecular complexity index is 386. The molecule has 0 bridgehead atoms. The summed E-state index contributed by atoms with van der Waals surface area (Å²) in [6, 6.07) is 3.77. The molecule has 0 saturated carbocycles. The van der Waals surface area contributed by atoms with Gasteiger partial charge in [-0.1, -0.05) is 11.6 Å². The third kappa shape index (κ3) is 4.04. The van der Waals surface area contributed by atoms with Crippen LogP contribution in [-0.4, -0.2) is 28.8 Å². The van der Waals surface area contributed by atoms with Gasteiger partial charge < -0.3 is 15.5 Å². The van der Waals surface area contributed by atoms with Gasteiger partial charge in [0.25, 0.3) is 0 Å². The molecule has 1 rings (SSSR count). The lowest BCUT2D eigenvalue weighted by Gasteiger charge is -2.11. The molecule has 1 aromatic carbocycles. The molecule has 0 saturated heterocycles. The van der Waals surface area contributed by atoms with Gasteiger partial charge in [-0.05, 0) is 18.2 Å². The molecular formula is C10H11ClFNO3. The van der Waals surface area contributed by atoms with E-state index in [4.69, 9.17) is 16.7 Å². The van der Waals surface area contributed by atoms with Crippen LogP contribution in [-0.2, 0) is 4.79 Å². The number of carboxylic acid groups (broad SMARTS) is 1. The fourth-order valence-electron chi connectivity index (χ4n) is 1.13. The van der Waals surface area contributed by atoms with E-state index in [1.807, 2.05) is 0 Å². The van der Waals surface area contributed by atoms with Crippen LogP contribution < -0.4 is 5.32 Å². The maximum absolute atomic E-state index is 12.7. The van der Waals surface area contributed by atoms with E-state index in [2.05, 4.69) is 5.32 Å². The number of carbonyl (C=O) groups is 1. The number of halogens is 2. The Balaban J connectivity index is 2.51. The largest absolute Gasteiger partial charge is 0.481 e. The van der Waals surface area contributed by atoms with Crippen molar-refractivity contribution in [2.24, 2.45) is 0 Å². The lowest BCUT2D eigenvalue weighted by Crippen LogP contribution is -2.22. The molecule has 0 aliphatic heterocycles. The molecule has 1 unspecified atom stereocenters. The molecular weight excluding hydrogens is 237 g/mol. The third-order valence-corrected chi connectivity index (χ3v) is 2.18. The predicted octanol–water partition coefficient (Wildman–Crippen LogP) is 1.73. The van der Waals surface area contributed by atoms with E-state index in [1.165, 1.54) is 12.1 Å². The van der Waals surface area contributed by atoms with Crippen molar-refractivity contribution in [3.8, 4) is 0 Å². The molecule has 3 N–H and O–H groups in total. The van der Waals surface area contributed by atoms with Crippen molar-refractivity contribution >= 4 is 23.3 Å². The standard InChI is InChI=1S/C10H11ClFNO3/c11-8-3-6(12)1-2-9(8)13-5-7(14)4-10(15)16/h1-3,7,13-14H,4-5H2,(H,15,16). The minimum Gasteiger partial charge on any atom is -0.481 e. The zero-order valence-electron chi connectivity index (χ0n) is 8.28. The van der Waals surface area contributed by atoms with Crippen LogP contribution in [0.3, 0.4) is 0 Å². The normalized spacial score (nSPS) is 12.2. The van der Waals surface area contributed by atoms with E-state index >= 15 is 0 Å². The van der Waals surface area contributed by atoms with Crippen molar-refractivity contribution in [2.45, 2.75) is 12.5 Å². The first-order valence-corrected chi connectivity index (χ1v) is 4.95. The van der Waals surface area contributed by atoms with Crippen LogP contribution in [0.15, 0.2) is 18.2 Å². The van der Waals surface area contributed by atoms with Crippen molar-refractivity contribution in [1.82, 2.24) is 0 Å². The van der Waals surface area contributed by atoms with E-state index in [1.54, 1.807) is 0 Å². The summed E-state index contributed by atoms with van der Waals surface area (Å²) in [6.45, 7) is 0.0393. The Morgan fingerprint density at radius 3 is 2.81 bits per heavy atom. The van der Waals surface area contributed by atoms with E-state index in [0.29, 0.717) is 5.69 Å².